The van der Waals surface area contributed by atoms with Crippen molar-refractivity contribution in [3.8, 4) is 0 Å². The number of hydrogen-bond donors (Lipinski definition) is 1. The summed E-state index contributed by atoms with van der Waals surface area (Å²) >= 11 is 0. The van der Waals surface area contributed by atoms with Gasteiger partial charge in [0.05, 0.1) is 6.54 Å². The Bertz CT molecular complexity index is 321. The molecule has 1 rings (SSSR count). The number of ketones is 1. The van der Waals surface area contributed by atoms with Crippen LogP contribution in [0, 0.1) is 0 Å². The zero-order valence-electron chi connectivity index (χ0n) is 11.4. The molecule has 4 heteroatoms. The van der Waals surface area contributed by atoms with Crippen LogP contribution in [0.5, 0.6) is 0 Å². The summed E-state index contributed by atoms with van der Waals surface area (Å²) in [5.74, 6) is -2.65. The first kappa shape index (κ1) is 18.7. The van der Waals surface area contributed by atoms with Crippen LogP contribution < -0.4 is 10.8 Å². The van der Waals surface area contributed by atoms with Gasteiger partial charge in [0.15, 0.2) is 0 Å². The fraction of sp³-hybridized carbons (Fsp3) is 0.429. The number of carboxylic acid groups (broad SMARTS) is 1. The second-order valence-electron chi connectivity index (χ2n) is 3.48. The van der Waals surface area contributed by atoms with E-state index in [4.69, 9.17) is 0 Å². The van der Waals surface area contributed by atoms with Gasteiger partial charge in [-0.3, -0.25) is 4.79 Å². The third-order valence-corrected chi connectivity index (χ3v) is 1.72. The molecule has 0 heterocycles. The molecule has 0 aliphatic carbocycles. The summed E-state index contributed by atoms with van der Waals surface area (Å²) in [6.07, 6.45) is 2.64. The fourth-order valence-corrected chi connectivity index (χ4v) is 0.707. The number of carbonyl (C=O) groups excluding carboxylic acids is 2. The molecule has 0 saturated heterocycles. The van der Waals surface area contributed by atoms with E-state index in [1.165, 1.54) is 25.0 Å². The molecule has 0 aliphatic heterocycles. The normalized spacial score (nSPS) is 8.22. The molecule has 0 aromatic heterocycles. The van der Waals surface area contributed by atoms with E-state index in [9.17, 15) is 14.7 Å². The monoisotopic (exact) mass is 253 g/mol. The first-order valence-electron chi connectivity index (χ1n) is 6.14. The first-order chi connectivity index (χ1) is 8.54. The van der Waals surface area contributed by atoms with Gasteiger partial charge in [-0.25, -0.2) is 0 Å². The number of carbonyl (C=O) groups is 2. The lowest BCUT2D eigenvalue weighted by Crippen LogP contribution is -2.48. The van der Waals surface area contributed by atoms with Gasteiger partial charge in [0.25, 0.3) is 0 Å². The summed E-state index contributed by atoms with van der Waals surface area (Å²) in [5.41, 5.74) is 3.63. The molecule has 0 bridgehead atoms. The highest BCUT2D eigenvalue weighted by Crippen LogP contribution is 1.98. The first-order valence-corrected chi connectivity index (χ1v) is 6.14. The van der Waals surface area contributed by atoms with Crippen LogP contribution in [0.4, 0.5) is 0 Å². The van der Waals surface area contributed by atoms with Gasteiger partial charge in [0.1, 0.15) is 5.97 Å². The van der Waals surface area contributed by atoms with E-state index in [1.54, 1.807) is 18.2 Å². The second kappa shape index (κ2) is 13.4. The molecule has 0 spiro atoms. The SMILES string of the molecule is CCCC.CC[NH3+].O=C([O-])C(=O)c1ccccc1. The third-order valence-electron chi connectivity index (χ3n) is 1.72. The molecule has 0 saturated carbocycles. The average Bonchev–Trinajstić information content (AvgIpc) is 2.40. The molecule has 18 heavy (non-hydrogen) atoms. The summed E-state index contributed by atoms with van der Waals surface area (Å²) in [6.45, 7) is 7.38. The van der Waals surface area contributed by atoms with Crippen molar-refractivity contribution in [3.05, 3.63) is 35.9 Å². The summed E-state index contributed by atoms with van der Waals surface area (Å²) in [5, 5.41) is 10.0. The van der Waals surface area contributed by atoms with Crippen molar-refractivity contribution < 1.29 is 20.4 Å². The molecular weight excluding hydrogens is 230 g/mol. The summed E-state index contributed by atoms with van der Waals surface area (Å²) in [4.78, 5) is 20.7. The van der Waals surface area contributed by atoms with Gasteiger partial charge >= 0.3 is 0 Å². The van der Waals surface area contributed by atoms with E-state index in [1.807, 2.05) is 6.92 Å². The highest BCUT2D eigenvalue weighted by atomic mass is 16.4. The van der Waals surface area contributed by atoms with Crippen molar-refractivity contribution in [3.63, 3.8) is 0 Å². The van der Waals surface area contributed by atoms with Gasteiger partial charge in [-0.15, -0.1) is 0 Å². The van der Waals surface area contributed by atoms with Crippen LogP contribution in [0.15, 0.2) is 30.3 Å². The van der Waals surface area contributed by atoms with E-state index < -0.39 is 11.8 Å². The zero-order valence-corrected chi connectivity index (χ0v) is 11.4. The van der Waals surface area contributed by atoms with Gasteiger partial charge in [-0.2, -0.15) is 0 Å². The second-order valence-corrected chi connectivity index (χ2v) is 3.48. The lowest BCUT2D eigenvalue weighted by molar-refractivity contribution is -0.361. The molecule has 1 aromatic rings. The molecule has 1 aromatic carbocycles. The maximum atomic E-state index is 10.7. The molecule has 0 aliphatic rings. The molecule has 0 unspecified atom stereocenters. The van der Waals surface area contributed by atoms with Crippen molar-refractivity contribution in [1.82, 2.24) is 0 Å². The smallest absolute Gasteiger partial charge is 0.208 e. The third kappa shape index (κ3) is 10.8. The van der Waals surface area contributed by atoms with E-state index >= 15 is 0 Å². The van der Waals surface area contributed by atoms with Gasteiger partial charge in [0.2, 0.25) is 5.78 Å². The molecule has 0 amide bonds. The largest absolute Gasteiger partial charge is 0.541 e. The number of quaternary nitrogens is 1. The van der Waals surface area contributed by atoms with Crippen LogP contribution in [0.1, 0.15) is 44.0 Å². The lowest BCUT2D eigenvalue weighted by atomic mass is 10.1. The molecule has 0 fully saturated rings. The predicted molar refractivity (Wildman–Crippen MR) is 69.8 cm³/mol. The number of unbranched alkanes of at least 4 members (excludes halogenated alkanes) is 1. The number of aliphatic carboxylic acids is 1. The minimum atomic E-state index is -1.67. The van der Waals surface area contributed by atoms with E-state index in [0.717, 1.165) is 6.54 Å². The zero-order chi connectivity index (χ0) is 14.4. The number of hydrogen-bond acceptors (Lipinski definition) is 3. The standard InChI is InChI=1S/C8H6O3.C4H10.C2H7N/c9-7(8(10)11)6-4-2-1-3-5-6;1-3-4-2;1-2-3/h1-5H,(H,10,11);3-4H2,1-2H3;2-3H2,1H3. The van der Waals surface area contributed by atoms with Crippen molar-refractivity contribution in [2.45, 2.75) is 33.6 Å². The Balaban J connectivity index is 0. The Kier molecular flexibility index (Phi) is 13.9. The van der Waals surface area contributed by atoms with Gasteiger partial charge in [0, 0.05) is 5.56 Å². The molecular formula is C14H23NO3. The van der Waals surface area contributed by atoms with Crippen molar-refractivity contribution in [2.75, 3.05) is 6.54 Å². The highest BCUT2D eigenvalue weighted by molar-refractivity contribution is 6.38. The van der Waals surface area contributed by atoms with E-state index in [-0.39, 0.29) is 5.56 Å². The van der Waals surface area contributed by atoms with E-state index in [0.29, 0.717) is 0 Å². The quantitative estimate of drug-likeness (QED) is 0.634. The Morgan fingerprint density at radius 2 is 1.44 bits per heavy atom. The van der Waals surface area contributed by atoms with Gasteiger partial charge in [-0.05, 0) is 6.92 Å². The number of Topliss-reactive ketones (excluding diaryl/α,β-unsaturated/α-hetero) is 1. The number of carboxylic acids is 1. The Hall–Kier alpha value is -1.68. The summed E-state index contributed by atoms with van der Waals surface area (Å²) < 4.78 is 0. The minimum Gasteiger partial charge on any atom is -0.541 e. The fourth-order valence-electron chi connectivity index (χ4n) is 0.707. The van der Waals surface area contributed by atoms with Crippen LogP contribution >= 0.6 is 0 Å². The van der Waals surface area contributed by atoms with Crippen molar-refractivity contribution in [2.24, 2.45) is 0 Å². The van der Waals surface area contributed by atoms with Crippen molar-refractivity contribution >= 4 is 11.8 Å². The predicted octanol–water partition coefficient (Wildman–Crippen LogP) is 0.674. The van der Waals surface area contributed by atoms with Crippen LogP contribution in [-0.2, 0) is 4.79 Å². The molecule has 4 nitrogen and oxygen atoms in total. The van der Waals surface area contributed by atoms with Crippen molar-refractivity contribution in [1.29, 1.82) is 0 Å². The molecule has 3 N–H and O–H groups in total. The van der Waals surface area contributed by atoms with Crippen LogP contribution in [0.25, 0.3) is 0 Å². The number of rotatable bonds is 3. The van der Waals surface area contributed by atoms with Gasteiger partial charge in [-0.1, -0.05) is 57.0 Å². The van der Waals surface area contributed by atoms with Crippen LogP contribution in [-0.4, -0.2) is 18.3 Å². The van der Waals surface area contributed by atoms with Gasteiger partial charge < -0.3 is 15.6 Å². The minimum absolute atomic E-state index is 0.146. The summed E-state index contributed by atoms with van der Waals surface area (Å²) in [7, 11) is 0. The summed E-state index contributed by atoms with van der Waals surface area (Å²) in [6, 6.07) is 7.74. The molecule has 0 atom stereocenters. The van der Waals surface area contributed by atoms with E-state index in [2.05, 4.69) is 19.6 Å². The van der Waals surface area contributed by atoms with Crippen LogP contribution in [0.3, 0.4) is 0 Å². The molecule has 0 radical (unpaired) electrons. The maximum absolute atomic E-state index is 10.7. The topological polar surface area (TPSA) is 84.8 Å². The Labute approximate surface area is 109 Å². The molecule has 102 valence electrons. The number of benzene rings is 1. The Morgan fingerprint density at radius 1 is 1.06 bits per heavy atom. The average molecular weight is 253 g/mol. The Morgan fingerprint density at radius 3 is 1.72 bits per heavy atom. The maximum Gasteiger partial charge on any atom is 0.208 e. The highest BCUT2D eigenvalue weighted by Gasteiger charge is 2.03. The van der Waals surface area contributed by atoms with Crippen LogP contribution in [0.2, 0.25) is 0 Å². The lowest BCUT2D eigenvalue weighted by Gasteiger charge is -1.98.